The summed E-state index contributed by atoms with van der Waals surface area (Å²) in [4.78, 5) is 13.3. The van der Waals surface area contributed by atoms with Crippen LogP contribution >= 0.6 is 0 Å². The first-order valence-electron chi connectivity index (χ1n) is 7.71. The van der Waals surface area contributed by atoms with Crippen LogP contribution in [0.2, 0.25) is 0 Å². The summed E-state index contributed by atoms with van der Waals surface area (Å²) in [5, 5.41) is 0. The molecule has 0 unspecified atom stereocenters. The van der Waals surface area contributed by atoms with E-state index in [-0.39, 0.29) is 6.23 Å². The number of rotatable bonds is 5. The molecule has 0 spiro atoms. The second kappa shape index (κ2) is 8.03. The number of benzene rings is 1. The third kappa shape index (κ3) is 5.05. The predicted octanol–water partition coefficient (Wildman–Crippen LogP) is 3.46. The van der Waals surface area contributed by atoms with Crippen molar-refractivity contribution in [2.24, 2.45) is 5.92 Å². The zero-order valence-corrected chi connectivity index (χ0v) is 13.0. The van der Waals surface area contributed by atoms with Crippen LogP contribution in [0.25, 0.3) is 0 Å². The van der Waals surface area contributed by atoms with Gasteiger partial charge in [0.25, 0.3) is 0 Å². The molecule has 0 aromatic heterocycles. The number of piperidine rings is 1. The minimum absolute atomic E-state index is 0.201. The monoisotopic (exact) mass is 291 g/mol. The first kappa shape index (κ1) is 15.8. The van der Waals surface area contributed by atoms with E-state index in [2.05, 4.69) is 40.0 Å². The Morgan fingerprint density at radius 2 is 1.95 bits per heavy atom. The lowest BCUT2D eigenvalue weighted by atomic mass is 9.90. The van der Waals surface area contributed by atoms with Gasteiger partial charge < -0.3 is 9.47 Å². The van der Waals surface area contributed by atoms with Crippen LogP contribution in [0.1, 0.15) is 31.7 Å². The summed E-state index contributed by atoms with van der Waals surface area (Å²) >= 11 is 0. The summed E-state index contributed by atoms with van der Waals surface area (Å²) in [5.41, 5.74) is 1.42. The van der Waals surface area contributed by atoms with Gasteiger partial charge in [-0.3, -0.25) is 4.90 Å². The first-order chi connectivity index (χ1) is 10.2. The molecule has 0 bridgehead atoms. The van der Waals surface area contributed by atoms with Crippen molar-refractivity contribution in [3.63, 3.8) is 0 Å². The van der Waals surface area contributed by atoms with Gasteiger partial charge in [-0.25, -0.2) is 4.79 Å². The fourth-order valence-corrected chi connectivity index (χ4v) is 2.88. The lowest BCUT2D eigenvalue weighted by Crippen LogP contribution is -2.42. The average molecular weight is 291 g/mol. The van der Waals surface area contributed by atoms with Gasteiger partial charge in [0.2, 0.25) is 0 Å². The maximum absolute atomic E-state index is 11.1. The van der Waals surface area contributed by atoms with Crippen LogP contribution in [0, 0.1) is 5.92 Å². The molecule has 0 saturated carbocycles. The van der Waals surface area contributed by atoms with Crippen molar-refractivity contribution in [2.45, 2.75) is 38.8 Å². The Morgan fingerprint density at radius 3 is 2.57 bits per heavy atom. The quantitative estimate of drug-likeness (QED) is 0.779. The molecule has 0 aliphatic carbocycles. The van der Waals surface area contributed by atoms with Crippen LogP contribution < -0.4 is 0 Å². The summed E-state index contributed by atoms with van der Waals surface area (Å²) in [6.45, 7) is 3.87. The molecule has 1 atom stereocenters. The van der Waals surface area contributed by atoms with Gasteiger partial charge in [0.05, 0.1) is 7.11 Å². The maximum atomic E-state index is 11.1. The fourth-order valence-electron chi connectivity index (χ4n) is 2.88. The standard InChI is InChI=1S/C17H25NO3/c1-14(21-17(19)20-2)18-12-10-16(11-13-18)9-8-15-6-4-3-5-7-15/h3-7,14,16H,8-13H2,1-2H3/t14-/m1/s1. The molecule has 0 amide bonds. The maximum Gasteiger partial charge on any atom is 0.509 e. The van der Waals surface area contributed by atoms with E-state index in [9.17, 15) is 4.79 Å². The lowest BCUT2D eigenvalue weighted by molar-refractivity contribution is -0.0441. The molecule has 0 N–H and O–H groups in total. The Balaban J connectivity index is 1.69. The number of hydrogen-bond acceptors (Lipinski definition) is 4. The first-order valence-corrected chi connectivity index (χ1v) is 7.71. The summed E-state index contributed by atoms with van der Waals surface area (Å²) in [7, 11) is 1.34. The molecule has 2 rings (SSSR count). The minimum atomic E-state index is -0.603. The molecule has 1 aromatic carbocycles. The number of methoxy groups -OCH3 is 1. The minimum Gasteiger partial charge on any atom is -0.438 e. The highest BCUT2D eigenvalue weighted by Gasteiger charge is 2.24. The van der Waals surface area contributed by atoms with Gasteiger partial charge in [-0.2, -0.15) is 0 Å². The Morgan fingerprint density at radius 1 is 1.29 bits per heavy atom. The second-order valence-electron chi connectivity index (χ2n) is 5.67. The van der Waals surface area contributed by atoms with Crippen LogP contribution in [-0.4, -0.2) is 37.5 Å². The van der Waals surface area contributed by atoms with Crippen molar-refractivity contribution in [1.82, 2.24) is 4.90 Å². The molecule has 1 saturated heterocycles. The lowest BCUT2D eigenvalue weighted by Gasteiger charge is -2.35. The van der Waals surface area contributed by atoms with E-state index in [1.165, 1.54) is 31.9 Å². The van der Waals surface area contributed by atoms with Crippen molar-refractivity contribution in [3.8, 4) is 0 Å². The molecule has 21 heavy (non-hydrogen) atoms. The van der Waals surface area contributed by atoms with Gasteiger partial charge in [0.15, 0.2) is 6.23 Å². The van der Waals surface area contributed by atoms with E-state index in [4.69, 9.17) is 4.74 Å². The molecule has 1 aliphatic rings. The van der Waals surface area contributed by atoms with Crippen LogP contribution in [0.5, 0.6) is 0 Å². The summed E-state index contributed by atoms with van der Waals surface area (Å²) < 4.78 is 9.70. The van der Waals surface area contributed by atoms with E-state index >= 15 is 0 Å². The highest BCUT2D eigenvalue weighted by Crippen LogP contribution is 2.23. The fraction of sp³-hybridized carbons (Fsp3) is 0.588. The molecule has 1 heterocycles. The van der Waals surface area contributed by atoms with E-state index in [0.29, 0.717) is 0 Å². The van der Waals surface area contributed by atoms with E-state index in [0.717, 1.165) is 25.4 Å². The van der Waals surface area contributed by atoms with Crippen molar-refractivity contribution in [3.05, 3.63) is 35.9 Å². The van der Waals surface area contributed by atoms with Crippen LogP contribution in [0.3, 0.4) is 0 Å². The highest BCUT2D eigenvalue weighted by molar-refractivity contribution is 5.59. The van der Waals surface area contributed by atoms with Gasteiger partial charge in [-0.05, 0) is 44.1 Å². The van der Waals surface area contributed by atoms with Crippen molar-refractivity contribution < 1.29 is 14.3 Å². The van der Waals surface area contributed by atoms with E-state index in [1.807, 2.05) is 6.92 Å². The number of hydrogen-bond donors (Lipinski definition) is 0. The van der Waals surface area contributed by atoms with Gasteiger partial charge in [0.1, 0.15) is 0 Å². The number of likely N-dealkylation sites (tertiary alicyclic amines) is 1. The van der Waals surface area contributed by atoms with Crippen molar-refractivity contribution >= 4 is 6.16 Å². The van der Waals surface area contributed by atoms with Gasteiger partial charge in [-0.15, -0.1) is 0 Å². The van der Waals surface area contributed by atoms with Crippen LogP contribution in [0.15, 0.2) is 30.3 Å². The smallest absolute Gasteiger partial charge is 0.438 e. The highest BCUT2D eigenvalue weighted by atomic mass is 16.7. The summed E-state index contributed by atoms with van der Waals surface area (Å²) in [5.74, 6) is 0.770. The Kier molecular flexibility index (Phi) is 6.05. The normalized spacial score (nSPS) is 18.2. The molecular formula is C17H25NO3. The van der Waals surface area contributed by atoms with E-state index < -0.39 is 6.16 Å². The largest absolute Gasteiger partial charge is 0.509 e. The van der Waals surface area contributed by atoms with Crippen molar-refractivity contribution in [2.75, 3.05) is 20.2 Å². The molecular weight excluding hydrogens is 266 g/mol. The molecule has 4 nitrogen and oxygen atoms in total. The zero-order chi connectivity index (χ0) is 15.1. The van der Waals surface area contributed by atoms with E-state index in [1.54, 1.807) is 0 Å². The number of nitrogens with zero attached hydrogens (tertiary/aromatic N) is 1. The summed E-state index contributed by atoms with van der Waals surface area (Å²) in [6.07, 6.45) is 3.92. The van der Waals surface area contributed by atoms with Gasteiger partial charge >= 0.3 is 6.16 Å². The third-order valence-corrected chi connectivity index (χ3v) is 4.28. The van der Waals surface area contributed by atoms with Gasteiger partial charge in [0, 0.05) is 13.1 Å². The molecule has 1 aromatic rings. The van der Waals surface area contributed by atoms with Crippen LogP contribution in [0.4, 0.5) is 4.79 Å². The van der Waals surface area contributed by atoms with Crippen LogP contribution in [-0.2, 0) is 15.9 Å². The Labute approximate surface area is 127 Å². The predicted molar refractivity (Wildman–Crippen MR) is 82.0 cm³/mol. The molecule has 116 valence electrons. The molecule has 0 radical (unpaired) electrons. The molecule has 4 heteroatoms. The number of carbonyl (C=O) groups is 1. The Bertz CT molecular complexity index is 427. The van der Waals surface area contributed by atoms with Gasteiger partial charge in [-0.1, -0.05) is 30.3 Å². The second-order valence-corrected chi connectivity index (χ2v) is 5.67. The number of carbonyl (C=O) groups excluding carboxylic acids is 1. The third-order valence-electron chi connectivity index (χ3n) is 4.28. The summed E-state index contributed by atoms with van der Waals surface area (Å²) in [6, 6.07) is 10.7. The Hall–Kier alpha value is -1.55. The zero-order valence-electron chi connectivity index (χ0n) is 13.0. The number of aryl methyl sites for hydroxylation is 1. The molecule has 1 aliphatic heterocycles. The topological polar surface area (TPSA) is 38.8 Å². The SMILES string of the molecule is COC(=O)O[C@H](C)N1CCC(CCc2ccccc2)CC1. The molecule has 1 fully saturated rings. The van der Waals surface area contributed by atoms with Crippen molar-refractivity contribution in [1.29, 1.82) is 0 Å². The average Bonchev–Trinajstić information content (AvgIpc) is 2.54. The number of ether oxygens (including phenoxy) is 2.